The summed E-state index contributed by atoms with van der Waals surface area (Å²) in [6.45, 7) is 4.02. The third-order valence-corrected chi connectivity index (χ3v) is 4.68. The molecule has 0 fully saturated rings. The minimum atomic E-state index is 0.514. The lowest BCUT2D eigenvalue weighted by Crippen LogP contribution is -1.92. The highest BCUT2D eigenvalue weighted by molar-refractivity contribution is 7.16. The van der Waals surface area contributed by atoms with Crippen LogP contribution in [0.2, 0.25) is 0 Å². The highest BCUT2D eigenvalue weighted by Gasteiger charge is 2.13. The maximum atomic E-state index is 5.88. The average molecular weight is 288 g/mol. The SMILES string of the molecule is Cc1nc(C)c(-c2csc(-c3cccnc3N)n2)s1. The van der Waals surface area contributed by atoms with Crippen molar-refractivity contribution < 1.29 is 0 Å². The molecule has 0 saturated heterocycles. The molecule has 3 aromatic rings. The lowest BCUT2D eigenvalue weighted by atomic mass is 10.2. The van der Waals surface area contributed by atoms with E-state index >= 15 is 0 Å². The number of hydrogen-bond donors (Lipinski definition) is 1. The molecule has 96 valence electrons. The zero-order valence-corrected chi connectivity index (χ0v) is 12.2. The van der Waals surface area contributed by atoms with Crippen molar-refractivity contribution in [2.75, 3.05) is 5.73 Å². The van der Waals surface area contributed by atoms with Crippen molar-refractivity contribution in [1.82, 2.24) is 15.0 Å². The summed E-state index contributed by atoms with van der Waals surface area (Å²) >= 11 is 3.24. The summed E-state index contributed by atoms with van der Waals surface area (Å²) in [4.78, 5) is 14.3. The number of nitrogens with two attached hydrogens (primary N) is 1. The first-order valence-corrected chi connectivity index (χ1v) is 7.45. The second-order valence-electron chi connectivity index (χ2n) is 4.12. The fourth-order valence-corrected chi connectivity index (χ4v) is 3.67. The first kappa shape index (κ1) is 12.3. The van der Waals surface area contributed by atoms with Crippen molar-refractivity contribution in [1.29, 1.82) is 0 Å². The van der Waals surface area contributed by atoms with Gasteiger partial charge in [0.15, 0.2) is 0 Å². The van der Waals surface area contributed by atoms with Crippen LogP contribution in [0.25, 0.3) is 21.1 Å². The predicted molar refractivity (Wildman–Crippen MR) is 80.3 cm³/mol. The second kappa shape index (κ2) is 4.71. The maximum absolute atomic E-state index is 5.88. The fourth-order valence-electron chi connectivity index (χ4n) is 1.87. The third-order valence-electron chi connectivity index (χ3n) is 2.71. The van der Waals surface area contributed by atoms with Gasteiger partial charge < -0.3 is 5.73 Å². The Morgan fingerprint density at radius 1 is 1.21 bits per heavy atom. The quantitative estimate of drug-likeness (QED) is 0.783. The smallest absolute Gasteiger partial charge is 0.133 e. The van der Waals surface area contributed by atoms with Gasteiger partial charge in [-0.15, -0.1) is 22.7 Å². The van der Waals surface area contributed by atoms with Crippen molar-refractivity contribution in [3.05, 3.63) is 34.4 Å². The number of aryl methyl sites for hydroxylation is 2. The minimum absolute atomic E-state index is 0.514. The van der Waals surface area contributed by atoms with E-state index in [1.54, 1.807) is 28.9 Å². The van der Waals surface area contributed by atoms with Crippen LogP contribution in [0.5, 0.6) is 0 Å². The Morgan fingerprint density at radius 2 is 2.05 bits per heavy atom. The molecule has 3 rings (SSSR count). The first-order chi connectivity index (χ1) is 9.15. The van der Waals surface area contributed by atoms with Gasteiger partial charge in [-0.25, -0.2) is 15.0 Å². The van der Waals surface area contributed by atoms with Gasteiger partial charge in [-0.3, -0.25) is 0 Å². The second-order valence-corrected chi connectivity index (χ2v) is 6.18. The molecule has 2 N–H and O–H groups in total. The van der Waals surface area contributed by atoms with Gasteiger partial charge in [0.05, 0.1) is 26.8 Å². The number of rotatable bonds is 2. The lowest BCUT2D eigenvalue weighted by molar-refractivity contribution is 1.20. The minimum Gasteiger partial charge on any atom is -0.383 e. The number of anilines is 1. The standard InChI is InChI=1S/C13H12N4S2/c1-7-11(19-8(2)16-7)10-6-18-13(17-10)9-4-3-5-15-12(9)14/h3-6H,1-2H3,(H2,14,15). The summed E-state index contributed by atoms with van der Waals surface area (Å²) in [5, 5.41) is 4.00. The van der Waals surface area contributed by atoms with E-state index in [0.29, 0.717) is 5.82 Å². The van der Waals surface area contributed by atoms with Gasteiger partial charge in [-0.1, -0.05) is 0 Å². The maximum Gasteiger partial charge on any atom is 0.133 e. The van der Waals surface area contributed by atoms with E-state index in [0.717, 1.165) is 31.8 Å². The van der Waals surface area contributed by atoms with Crippen LogP contribution in [-0.4, -0.2) is 15.0 Å². The first-order valence-electron chi connectivity index (χ1n) is 5.76. The highest BCUT2D eigenvalue weighted by Crippen LogP contribution is 2.34. The summed E-state index contributed by atoms with van der Waals surface area (Å²) in [7, 11) is 0. The molecule has 0 aliphatic rings. The van der Waals surface area contributed by atoms with Crippen LogP contribution in [0, 0.1) is 13.8 Å². The van der Waals surface area contributed by atoms with Crippen LogP contribution in [0.3, 0.4) is 0 Å². The molecule has 0 spiro atoms. The zero-order valence-electron chi connectivity index (χ0n) is 10.5. The van der Waals surface area contributed by atoms with E-state index < -0.39 is 0 Å². The lowest BCUT2D eigenvalue weighted by Gasteiger charge is -1.99. The van der Waals surface area contributed by atoms with E-state index in [4.69, 9.17) is 5.73 Å². The number of pyridine rings is 1. The summed E-state index contributed by atoms with van der Waals surface area (Å²) in [6.07, 6.45) is 1.68. The Bertz CT molecular complexity index is 730. The summed E-state index contributed by atoms with van der Waals surface area (Å²) in [6, 6.07) is 3.81. The van der Waals surface area contributed by atoms with E-state index in [-0.39, 0.29) is 0 Å². The third kappa shape index (κ3) is 2.24. The molecule has 0 aliphatic carbocycles. The van der Waals surface area contributed by atoms with Crippen molar-refractivity contribution >= 4 is 28.5 Å². The Kier molecular flexibility index (Phi) is 3.04. The van der Waals surface area contributed by atoms with Crippen molar-refractivity contribution in [3.63, 3.8) is 0 Å². The van der Waals surface area contributed by atoms with E-state index in [9.17, 15) is 0 Å². The monoisotopic (exact) mass is 288 g/mol. The summed E-state index contributed by atoms with van der Waals surface area (Å²) < 4.78 is 0. The van der Waals surface area contributed by atoms with Crippen molar-refractivity contribution in [3.8, 4) is 21.1 Å². The molecule has 0 bridgehead atoms. The number of thiazole rings is 2. The van der Waals surface area contributed by atoms with Gasteiger partial charge in [-0.2, -0.15) is 0 Å². The Labute approximate surface area is 119 Å². The molecular weight excluding hydrogens is 276 g/mol. The Balaban J connectivity index is 2.05. The predicted octanol–water partition coefficient (Wildman–Crippen LogP) is 3.53. The fraction of sp³-hybridized carbons (Fsp3) is 0.154. The molecule has 3 aromatic heterocycles. The zero-order chi connectivity index (χ0) is 13.4. The van der Waals surface area contributed by atoms with Crippen LogP contribution in [0.4, 0.5) is 5.82 Å². The number of aromatic nitrogens is 3. The van der Waals surface area contributed by atoms with Crippen molar-refractivity contribution in [2.45, 2.75) is 13.8 Å². The molecule has 0 aromatic carbocycles. The normalized spacial score (nSPS) is 10.8. The Morgan fingerprint density at radius 3 is 2.74 bits per heavy atom. The van der Waals surface area contributed by atoms with Gasteiger partial charge in [0.1, 0.15) is 10.8 Å². The number of nitrogens with zero attached hydrogens (tertiary/aromatic N) is 3. The molecule has 0 saturated carbocycles. The number of hydrogen-bond acceptors (Lipinski definition) is 6. The molecule has 4 nitrogen and oxygen atoms in total. The molecule has 6 heteroatoms. The van der Waals surface area contributed by atoms with Gasteiger partial charge in [-0.05, 0) is 26.0 Å². The largest absolute Gasteiger partial charge is 0.383 e. The number of nitrogen functional groups attached to an aromatic ring is 1. The van der Waals surface area contributed by atoms with Crippen LogP contribution in [0.15, 0.2) is 23.7 Å². The highest BCUT2D eigenvalue weighted by atomic mass is 32.1. The van der Waals surface area contributed by atoms with E-state index in [1.807, 2.05) is 31.4 Å². The van der Waals surface area contributed by atoms with Gasteiger partial charge in [0.25, 0.3) is 0 Å². The molecule has 19 heavy (non-hydrogen) atoms. The molecule has 0 amide bonds. The summed E-state index contributed by atoms with van der Waals surface area (Å²) in [5.74, 6) is 0.514. The Hall–Kier alpha value is -1.79. The van der Waals surface area contributed by atoms with Crippen LogP contribution >= 0.6 is 22.7 Å². The van der Waals surface area contributed by atoms with Crippen LogP contribution < -0.4 is 5.73 Å². The molecular formula is C13H12N4S2. The van der Waals surface area contributed by atoms with Crippen LogP contribution in [-0.2, 0) is 0 Å². The van der Waals surface area contributed by atoms with Gasteiger partial charge >= 0.3 is 0 Å². The average Bonchev–Trinajstić information content (AvgIpc) is 2.96. The van der Waals surface area contributed by atoms with Crippen LogP contribution in [0.1, 0.15) is 10.7 Å². The molecule has 0 unspecified atom stereocenters. The topological polar surface area (TPSA) is 64.7 Å². The molecule has 0 radical (unpaired) electrons. The van der Waals surface area contributed by atoms with Crippen molar-refractivity contribution in [2.24, 2.45) is 0 Å². The van der Waals surface area contributed by atoms with E-state index in [1.165, 1.54) is 0 Å². The molecule has 3 heterocycles. The molecule has 0 atom stereocenters. The van der Waals surface area contributed by atoms with Gasteiger partial charge in [0, 0.05) is 11.6 Å². The van der Waals surface area contributed by atoms with Gasteiger partial charge in [0.2, 0.25) is 0 Å². The van der Waals surface area contributed by atoms with E-state index in [2.05, 4.69) is 15.0 Å². The molecule has 0 aliphatic heterocycles. The summed E-state index contributed by atoms with van der Waals surface area (Å²) in [5.41, 5.74) is 8.76.